The van der Waals surface area contributed by atoms with Gasteiger partial charge in [-0.05, 0) is 48.0 Å². The number of aryl methyl sites for hydroxylation is 1. The summed E-state index contributed by atoms with van der Waals surface area (Å²) in [6.07, 6.45) is 7.56. The second kappa shape index (κ2) is 10.8. The largest absolute Gasteiger partial charge is 0.454 e. The predicted octanol–water partition coefficient (Wildman–Crippen LogP) is 5.54. The average molecular weight is 565 g/mol. The van der Waals surface area contributed by atoms with Crippen LogP contribution >= 0.6 is 11.8 Å². The number of H-pyrrole nitrogens is 1. The number of morpholine rings is 1. The Bertz CT molecular complexity index is 1790. The van der Waals surface area contributed by atoms with Gasteiger partial charge in [0.2, 0.25) is 5.56 Å². The van der Waals surface area contributed by atoms with Crippen molar-refractivity contribution in [2.45, 2.75) is 16.3 Å². The topological polar surface area (TPSA) is 97.3 Å². The molecule has 41 heavy (non-hydrogen) atoms. The third-order valence-electron chi connectivity index (χ3n) is 7.18. The molecule has 5 aromatic rings. The quantitative estimate of drug-likeness (QED) is 0.272. The van der Waals surface area contributed by atoms with Crippen LogP contribution in [0.25, 0.3) is 22.4 Å². The van der Waals surface area contributed by atoms with Gasteiger partial charge >= 0.3 is 0 Å². The fraction of sp³-hybridized carbons (Fsp3) is 0.194. The first kappa shape index (κ1) is 25.4. The molecule has 0 atom stereocenters. The van der Waals surface area contributed by atoms with Gasteiger partial charge in [0.1, 0.15) is 5.75 Å². The number of hydrogen-bond donors (Lipinski definition) is 2. The van der Waals surface area contributed by atoms with E-state index >= 15 is 0 Å². The molecule has 10 heteroatoms. The van der Waals surface area contributed by atoms with Gasteiger partial charge < -0.3 is 24.7 Å². The fourth-order valence-electron chi connectivity index (χ4n) is 5.12. The maximum absolute atomic E-state index is 12.6. The second-order valence-corrected chi connectivity index (χ2v) is 11.1. The number of ether oxygens (including phenoxy) is 2. The van der Waals surface area contributed by atoms with Gasteiger partial charge in [0.25, 0.3) is 0 Å². The number of nitrogens with one attached hydrogen (secondary N) is 2. The molecule has 0 radical (unpaired) electrons. The van der Waals surface area contributed by atoms with Crippen molar-refractivity contribution in [1.82, 2.24) is 19.7 Å². The molecular formula is C31H28N6O3S. The number of hydrogen-bond acceptors (Lipinski definition) is 8. The van der Waals surface area contributed by atoms with Crippen molar-refractivity contribution in [2.24, 2.45) is 7.05 Å². The first-order valence-electron chi connectivity index (χ1n) is 13.5. The van der Waals surface area contributed by atoms with Crippen molar-refractivity contribution in [3.63, 3.8) is 0 Å². The van der Waals surface area contributed by atoms with Gasteiger partial charge in [-0.3, -0.25) is 14.5 Å². The molecular weight excluding hydrogens is 536 g/mol. The number of rotatable bonds is 6. The van der Waals surface area contributed by atoms with E-state index in [2.05, 4.69) is 37.4 Å². The summed E-state index contributed by atoms with van der Waals surface area (Å²) in [5.41, 5.74) is 6.50. The van der Waals surface area contributed by atoms with Crippen LogP contribution in [0.4, 0.5) is 11.4 Å². The Morgan fingerprint density at radius 1 is 1.00 bits per heavy atom. The SMILES string of the molecule is Cn1cc(-c2cncc(CNc3ccc4c(c3)Sc3cccc(-c5cc(N6CCOCC6)cc(=O)[nH]5)c3O4)c2)cn1. The Labute approximate surface area is 241 Å². The van der Waals surface area contributed by atoms with Gasteiger partial charge in [0.15, 0.2) is 5.75 Å². The van der Waals surface area contributed by atoms with E-state index in [0.29, 0.717) is 19.8 Å². The molecule has 2 aliphatic heterocycles. The van der Waals surface area contributed by atoms with Crippen LogP contribution < -0.4 is 20.5 Å². The highest BCUT2D eigenvalue weighted by molar-refractivity contribution is 7.99. The highest BCUT2D eigenvalue weighted by atomic mass is 32.2. The van der Waals surface area contributed by atoms with E-state index in [1.165, 1.54) is 0 Å². The van der Waals surface area contributed by atoms with E-state index in [-0.39, 0.29) is 5.56 Å². The van der Waals surface area contributed by atoms with Crippen LogP contribution in [-0.4, -0.2) is 46.1 Å². The summed E-state index contributed by atoms with van der Waals surface area (Å²) >= 11 is 1.66. The number of anilines is 2. The van der Waals surface area contributed by atoms with Gasteiger partial charge in [0, 0.05) is 79.4 Å². The predicted molar refractivity (Wildman–Crippen MR) is 160 cm³/mol. The van der Waals surface area contributed by atoms with Gasteiger partial charge in [-0.25, -0.2) is 0 Å². The van der Waals surface area contributed by atoms with Crippen LogP contribution in [0.15, 0.2) is 94.0 Å². The highest BCUT2D eigenvalue weighted by Gasteiger charge is 2.23. The highest BCUT2D eigenvalue weighted by Crippen LogP contribution is 2.51. The van der Waals surface area contributed by atoms with Crippen LogP contribution in [0.3, 0.4) is 0 Å². The van der Waals surface area contributed by atoms with Gasteiger partial charge in [-0.1, -0.05) is 17.8 Å². The first-order valence-corrected chi connectivity index (χ1v) is 14.3. The van der Waals surface area contributed by atoms with Crippen molar-refractivity contribution in [2.75, 3.05) is 36.5 Å². The average Bonchev–Trinajstić information content (AvgIpc) is 3.45. The zero-order valence-corrected chi connectivity index (χ0v) is 23.3. The van der Waals surface area contributed by atoms with Crippen molar-refractivity contribution in [1.29, 1.82) is 0 Å². The Hall–Kier alpha value is -4.54. The Morgan fingerprint density at radius 3 is 2.76 bits per heavy atom. The number of pyridine rings is 2. The molecule has 2 aliphatic rings. The minimum absolute atomic E-state index is 0.137. The van der Waals surface area contributed by atoms with E-state index < -0.39 is 0 Å². The van der Waals surface area contributed by atoms with E-state index in [4.69, 9.17) is 9.47 Å². The minimum Gasteiger partial charge on any atom is -0.454 e. The number of aromatic nitrogens is 4. The molecule has 0 saturated carbocycles. The van der Waals surface area contributed by atoms with E-state index in [1.807, 2.05) is 68.2 Å². The molecule has 2 aromatic carbocycles. The number of aromatic amines is 1. The third-order valence-corrected chi connectivity index (χ3v) is 8.26. The number of para-hydroxylation sites is 1. The number of nitrogens with zero attached hydrogens (tertiary/aromatic N) is 4. The maximum atomic E-state index is 12.6. The van der Waals surface area contributed by atoms with Crippen molar-refractivity contribution >= 4 is 23.1 Å². The van der Waals surface area contributed by atoms with Crippen molar-refractivity contribution in [3.8, 4) is 33.9 Å². The standard InChI is InChI=1S/C31H28N6O3S/c1-36-19-22(18-34-36)21-11-20(15-32-17-21)16-33-23-5-6-27-29(12-23)41-28-4-2-3-25(31(28)40-27)26-13-24(14-30(38)35-26)37-7-9-39-10-8-37/h2-6,11-15,17-19,33H,7-10,16H2,1H3,(H,35,38). The molecule has 2 N–H and O–H groups in total. The third kappa shape index (κ3) is 5.31. The fourth-order valence-corrected chi connectivity index (χ4v) is 6.14. The van der Waals surface area contributed by atoms with Crippen LogP contribution in [-0.2, 0) is 18.3 Å². The summed E-state index contributed by atoms with van der Waals surface area (Å²) < 4.78 is 13.7. The molecule has 0 bridgehead atoms. The second-order valence-electron chi connectivity index (χ2n) is 10.1. The van der Waals surface area contributed by atoms with Crippen molar-refractivity contribution < 1.29 is 9.47 Å². The Balaban J connectivity index is 1.10. The minimum atomic E-state index is -0.137. The normalized spacial score (nSPS) is 14.2. The summed E-state index contributed by atoms with van der Waals surface area (Å²) in [7, 11) is 1.91. The molecule has 7 rings (SSSR count). The molecule has 206 valence electrons. The zero-order valence-electron chi connectivity index (χ0n) is 22.5. The molecule has 0 unspecified atom stereocenters. The summed E-state index contributed by atoms with van der Waals surface area (Å²) in [6, 6.07) is 18.0. The first-order chi connectivity index (χ1) is 20.1. The Morgan fingerprint density at radius 2 is 1.90 bits per heavy atom. The maximum Gasteiger partial charge on any atom is 0.250 e. The molecule has 1 fully saturated rings. The number of benzene rings is 2. The molecule has 9 nitrogen and oxygen atoms in total. The van der Waals surface area contributed by atoms with Gasteiger partial charge in [-0.15, -0.1) is 0 Å². The molecule has 3 aromatic heterocycles. The Kier molecular flexibility index (Phi) is 6.69. The lowest BCUT2D eigenvalue weighted by Crippen LogP contribution is -2.36. The molecule has 5 heterocycles. The van der Waals surface area contributed by atoms with Gasteiger partial charge in [-0.2, -0.15) is 5.10 Å². The molecule has 0 aliphatic carbocycles. The van der Waals surface area contributed by atoms with Crippen LogP contribution in [0.1, 0.15) is 5.56 Å². The monoisotopic (exact) mass is 564 g/mol. The van der Waals surface area contributed by atoms with Crippen LogP contribution in [0.5, 0.6) is 11.5 Å². The summed E-state index contributed by atoms with van der Waals surface area (Å²) in [6.45, 7) is 3.48. The van der Waals surface area contributed by atoms with E-state index in [0.717, 1.165) is 73.7 Å². The van der Waals surface area contributed by atoms with Crippen LogP contribution in [0, 0.1) is 0 Å². The smallest absolute Gasteiger partial charge is 0.250 e. The zero-order chi connectivity index (χ0) is 27.8. The molecule has 0 amide bonds. The lowest BCUT2D eigenvalue weighted by Gasteiger charge is -2.29. The summed E-state index contributed by atoms with van der Waals surface area (Å²) in [5, 5.41) is 7.78. The van der Waals surface area contributed by atoms with Crippen molar-refractivity contribution in [3.05, 3.63) is 95.3 Å². The summed E-state index contributed by atoms with van der Waals surface area (Å²) in [5.74, 6) is 1.53. The molecule has 0 spiro atoms. The lowest BCUT2D eigenvalue weighted by atomic mass is 10.1. The lowest BCUT2D eigenvalue weighted by molar-refractivity contribution is 0.122. The molecule has 1 saturated heterocycles. The van der Waals surface area contributed by atoms with E-state index in [1.54, 1.807) is 22.5 Å². The van der Waals surface area contributed by atoms with Crippen LogP contribution in [0.2, 0.25) is 0 Å². The van der Waals surface area contributed by atoms with E-state index in [9.17, 15) is 4.79 Å². The van der Waals surface area contributed by atoms with Gasteiger partial charge in [0.05, 0.1) is 34.9 Å². The summed E-state index contributed by atoms with van der Waals surface area (Å²) in [4.78, 5) is 24.2. The number of fused-ring (bicyclic) bond motifs is 2.